The Labute approximate surface area is 113 Å². The first-order valence-electron chi connectivity index (χ1n) is 6.37. The first-order chi connectivity index (χ1) is 8.84. The lowest BCUT2D eigenvalue weighted by atomic mass is 9.91. The van der Waals surface area contributed by atoms with Gasteiger partial charge in [-0.15, -0.1) is 0 Å². The highest BCUT2D eigenvalue weighted by atomic mass is 16.4. The molecule has 1 aromatic rings. The molecular weight excluding hydrogens is 242 g/mol. The fourth-order valence-electron chi connectivity index (χ4n) is 2.12. The van der Waals surface area contributed by atoms with E-state index < -0.39 is 5.97 Å². The van der Waals surface area contributed by atoms with E-state index in [4.69, 9.17) is 5.11 Å². The number of Topliss-reactive ketones (excluding diaryl/α,β-unsaturated/α-hetero) is 1. The molecule has 0 bridgehead atoms. The highest BCUT2D eigenvalue weighted by Crippen LogP contribution is 2.21. The molecule has 0 saturated heterocycles. The number of nitrogens with one attached hydrogen (secondary N) is 1. The Kier molecular flexibility index (Phi) is 5.24. The zero-order chi connectivity index (χ0) is 14.6. The van der Waals surface area contributed by atoms with Crippen molar-refractivity contribution in [1.82, 2.24) is 5.32 Å². The predicted molar refractivity (Wildman–Crippen MR) is 74.8 cm³/mol. The Morgan fingerprint density at radius 2 is 1.63 bits per heavy atom. The van der Waals surface area contributed by atoms with Gasteiger partial charge in [0.15, 0.2) is 5.78 Å². The maximum absolute atomic E-state index is 12.2. The Morgan fingerprint density at radius 3 is 2.11 bits per heavy atom. The van der Waals surface area contributed by atoms with Crippen LogP contribution in [0.2, 0.25) is 0 Å². The minimum atomic E-state index is -0.862. The molecule has 0 saturated carbocycles. The number of rotatable bonds is 6. The summed E-state index contributed by atoms with van der Waals surface area (Å²) in [6, 6.07) is 2.08. The number of benzene rings is 1. The summed E-state index contributed by atoms with van der Waals surface area (Å²) in [5.74, 6) is -0.842. The van der Waals surface area contributed by atoms with Gasteiger partial charge in [-0.2, -0.15) is 0 Å². The van der Waals surface area contributed by atoms with Gasteiger partial charge in [-0.1, -0.05) is 6.07 Å². The number of hydrogen-bond acceptors (Lipinski definition) is 3. The number of carboxylic acid groups (broad SMARTS) is 1. The smallest absolute Gasteiger partial charge is 0.304 e. The van der Waals surface area contributed by atoms with Crippen LogP contribution in [0.4, 0.5) is 0 Å². The van der Waals surface area contributed by atoms with E-state index in [2.05, 4.69) is 11.4 Å². The number of carboxylic acids is 1. The lowest BCUT2D eigenvalue weighted by molar-refractivity contribution is -0.136. The molecule has 1 rings (SSSR count). The summed E-state index contributed by atoms with van der Waals surface area (Å²) in [4.78, 5) is 22.6. The van der Waals surface area contributed by atoms with Gasteiger partial charge < -0.3 is 10.4 Å². The number of ketones is 1. The van der Waals surface area contributed by atoms with Crippen LogP contribution in [0.3, 0.4) is 0 Å². The van der Waals surface area contributed by atoms with Gasteiger partial charge in [0.05, 0.1) is 13.0 Å². The average molecular weight is 263 g/mol. The van der Waals surface area contributed by atoms with E-state index in [1.807, 2.05) is 27.7 Å². The first kappa shape index (κ1) is 15.4. The number of carbonyl (C=O) groups excluding carboxylic acids is 1. The Bertz CT molecular complexity index is 480. The number of aryl methyl sites for hydroxylation is 2. The van der Waals surface area contributed by atoms with Crippen molar-refractivity contribution in [2.75, 3.05) is 13.1 Å². The molecule has 0 aromatic heterocycles. The van der Waals surface area contributed by atoms with E-state index in [9.17, 15) is 9.59 Å². The second kappa shape index (κ2) is 6.48. The minimum absolute atomic E-state index is 0.0205. The maximum atomic E-state index is 12.2. The first-order valence-corrected chi connectivity index (χ1v) is 6.37. The number of aliphatic carboxylic acids is 1. The van der Waals surface area contributed by atoms with Crippen LogP contribution in [0.15, 0.2) is 6.07 Å². The lowest BCUT2D eigenvalue weighted by Crippen LogP contribution is -2.26. The third-order valence-electron chi connectivity index (χ3n) is 3.45. The number of hydrogen-bond donors (Lipinski definition) is 2. The molecule has 0 spiro atoms. The van der Waals surface area contributed by atoms with Gasteiger partial charge in [0, 0.05) is 12.1 Å². The summed E-state index contributed by atoms with van der Waals surface area (Å²) in [7, 11) is 0. The average Bonchev–Trinajstić information content (AvgIpc) is 2.32. The van der Waals surface area contributed by atoms with Gasteiger partial charge in [0.2, 0.25) is 0 Å². The molecule has 19 heavy (non-hydrogen) atoms. The zero-order valence-corrected chi connectivity index (χ0v) is 12.0. The van der Waals surface area contributed by atoms with Gasteiger partial charge in [0.25, 0.3) is 0 Å². The molecule has 0 amide bonds. The van der Waals surface area contributed by atoms with Gasteiger partial charge in [0.1, 0.15) is 0 Å². The summed E-state index contributed by atoms with van der Waals surface area (Å²) in [5, 5.41) is 11.4. The molecule has 4 heteroatoms. The van der Waals surface area contributed by atoms with Crippen LogP contribution in [-0.2, 0) is 4.79 Å². The molecule has 0 aliphatic heterocycles. The van der Waals surface area contributed by atoms with Crippen molar-refractivity contribution < 1.29 is 14.7 Å². The second-order valence-electron chi connectivity index (χ2n) is 4.88. The van der Waals surface area contributed by atoms with Crippen LogP contribution in [0.25, 0.3) is 0 Å². The predicted octanol–water partition coefficient (Wildman–Crippen LogP) is 2.17. The topological polar surface area (TPSA) is 66.4 Å². The molecule has 0 atom stereocenters. The van der Waals surface area contributed by atoms with E-state index in [1.54, 1.807) is 0 Å². The molecule has 0 aliphatic rings. The van der Waals surface area contributed by atoms with Crippen LogP contribution in [-0.4, -0.2) is 29.9 Å². The fourth-order valence-corrected chi connectivity index (χ4v) is 2.12. The molecule has 4 nitrogen and oxygen atoms in total. The van der Waals surface area contributed by atoms with Crippen LogP contribution < -0.4 is 5.32 Å². The standard InChI is InChI=1S/C15H21NO3/c1-9-7-10(2)12(4)15(11(9)3)13(17)8-16-6-5-14(18)19/h7,16H,5-6,8H2,1-4H3,(H,18,19). The molecule has 2 N–H and O–H groups in total. The van der Waals surface area contributed by atoms with Crippen molar-refractivity contribution in [3.8, 4) is 0 Å². The summed E-state index contributed by atoms with van der Waals surface area (Å²) < 4.78 is 0. The normalized spacial score (nSPS) is 10.5. The van der Waals surface area contributed by atoms with E-state index >= 15 is 0 Å². The zero-order valence-electron chi connectivity index (χ0n) is 12.0. The van der Waals surface area contributed by atoms with Crippen LogP contribution >= 0.6 is 0 Å². The van der Waals surface area contributed by atoms with E-state index in [0.29, 0.717) is 6.54 Å². The van der Waals surface area contributed by atoms with Crippen molar-refractivity contribution in [2.45, 2.75) is 34.1 Å². The third-order valence-corrected chi connectivity index (χ3v) is 3.45. The van der Waals surface area contributed by atoms with Crippen molar-refractivity contribution >= 4 is 11.8 Å². The van der Waals surface area contributed by atoms with Gasteiger partial charge in [-0.3, -0.25) is 9.59 Å². The highest BCUT2D eigenvalue weighted by Gasteiger charge is 2.15. The summed E-state index contributed by atoms with van der Waals surface area (Å²) in [5.41, 5.74) is 5.00. The van der Waals surface area contributed by atoms with Gasteiger partial charge in [-0.05, 0) is 49.9 Å². The van der Waals surface area contributed by atoms with Crippen molar-refractivity contribution in [1.29, 1.82) is 0 Å². The summed E-state index contributed by atoms with van der Waals surface area (Å²) >= 11 is 0. The summed E-state index contributed by atoms with van der Waals surface area (Å²) in [6.45, 7) is 8.38. The second-order valence-corrected chi connectivity index (χ2v) is 4.88. The van der Waals surface area contributed by atoms with Crippen molar-refractivity contribution in [3.05, 3.63) is 33.9 Å². The monoisotopic (exact) mass is 263 g/mol. The van der Waals surface area contributed by atoms with E-state index in [0.717, 1.165) is 27.8 Å². The molecule has 1 aromatic carbocycles. The lowest BCUT2D eigenvalue weighted by Gasteiger charge is -2.14. The Morgan fingerprint density at radius 1 is 1.11 bits per heavy atom. The maximum Gasteiger partial charge on any atom is 0.304 e. The number of carbonyl (C=O) groups is 2. The van der Waals surface area contributed by atoms with Crippen LogP contribution in [0, 0.1) is 27.7 Å². The quantitative estimate of drug-likeness (QED) is 0.610. The molecule has 0 unspecified atom stereocenters. The van der Waals surface area contributed by atoms with Crippen molar-refractivity contribution in [2.24, 2.45) is 0 Å². The Hall–Kier alpha value is -1.68. The van der Waals surface area contributed by atoms with Gasteiger partial charge in [-0.25, -0.2) is 0 Å². The van der Waals surface area contributed by atoms with Crippen LogP contribution in [0.1, 0.15) is 39.0 Å². The highest BCUT2D eigenvalue weighted by molar-refractivity contribution is 6.00. The molecule has 0 aliphatic carbocycles. The molecule has 0 radical (unpaired) electrons. The van der Waals surface area contributed by atoms with Crippen molar-refractivity contribution in [3.63, 3.8) is 0 Å². The molecule has 0 heterocycles. The minimum Gasteiger partial charge on any atom is -0.481 e. The molecular formula is C15H21NO3. The SMILES string of the molecule is Cc1cc(C)c(C)c(C(=O)CNCCC(=O)O)c1C. The molecule has 0 fully saturated rings. The van der Waals surface area contributed by atoms with E-state index in [-0.39, 0.29) is 18.7 Å². The third kappa shape index (κ3) is 3.89. The summed E-state index contributed by atoms with van der Waals surface area (Å²) in [6.07, 6.45) is 0.0259. The molecule has 104 valence electrons. The largest absolute Gasteiger partial charge is 0.481 e. The Balaban J connectivity index is 2.80. The van der Waals surface area contributed by atoms with Gasteiger partial charge >= 0.3 is 5.97 Å². The fraction of sp³-hybridized carbons (Fsp3) is 0.467. The van der Waals surface area contributed by atoms with Crippen LogP contribution in [0.5, 0.6) is 0 Å². The van der Waals surface area contributed by atoms with E-state index in [1.165, 1.54) is 0 Å².